The van der Waals surface area contributed by atoms with E-state index >= 15 is 0 Å². The number of nitrogens with zero attached hydrogens (tertiary/aromatic N) is 1. The van der Waals surface area contributed by atoms with E-state index in [9.17, 15) is 0 Å². The lowest BCUT2D eigenvalue weighted by Crippen LogP contribution is -2.47. The van der Waals surface area contributed by atoms with Gasteiger partial charge < -0.3 is 0 Å². The summed E-state index contributed by atoms with van der Waals surface area (Å²) in [5, 5.41) is 2.21. The van der Waals surface area contributed by atoms with E-state index in [0.717, 1.165) is 0 Å². The molecule has 54 valence electrons. The van der Waals surface area contributed by atoms with Crippen LogP contribution in [0.15, 0.2) is 0 Å². The van der Waals surface area contributed by atoms with E-state index < -0.39 is 0 Å². The maximum Gasteiger partial charge on any atom is 0.0144 e. The molecular weight excluding hydrogens is 114 g/mol. The molecule has 0 aromatic rings. The van der Waals surface area contributed by atoms with E-state index in [1.807, 2.05) is 7.05 Å². The van der Waals surface area contributed by atoms with Crippen LogP contribution in [-0.2, 0) is 0 Å². The summed E-state index contributed by atoms with van der Waals surface area (Å²) in [6.07, 6.45) is 4.05. The molecule has 0 bridgehead atoms. The smallest absolute Gasteiger partial charge is 0.0144 e. The van der Waals surface area contributed by atoms with E-state index in [1.54, 1.807) is 0 Å². The number of hydrogen-bond acceptors (Lipinski definition) is 3. The summed E-state index contributed by atoms with van der Waals surface area (Å²) in [5.74, 6) is 0. The Morgan fingerprint density at radius 1 is 1.11 bits per heavy atom. The first-order valence-corrected chi connectivity index (χ1v) is 3.61. The summed E-state index contributed by atoms with van der Waals surface area (Å²) in [4.78, 5) is 0. The summed E-state index contributed by atoms with van der Waals surface area (Å²) in [5.41, 5.74) is 5.98. The quantitative estimate of drug-likeness (QED) is 0.518. The average molecular weight is 129 g/mol. The van der Waals surface area contributed by atoms with Gasteiger partial charge in [-0.25, -0.2) is 10.4 Å². The van der Waals surface area contributed by atoms with Crippen molar-refractivity contribution in [3.05, 3.63) is 0 Å². The fourth-order valence-corrected chi connectivity index (χ4v) is 1.16. The van der Waals surface area contributed by atoms with Crippen LogP contribution in [0.3, 0.4) is 0 Å². The lowest BCUT2D eigenvalue weighted by atomic mass is 10.2. The maximum atomic E-state index is 3.07. The summed E-state index contributed by atoms with van der Waals surface area (Å²) >= 11 is 0. The first-order chi connectivity index (χ1) is 4.43. The van der Waals surface area contributed by atoms with Crippen LogP contribution in [0.1, 0.15) is 19.3 Å². The highest BCUT2D eigenvalue weighted by Gasteiger charge is 2.06. The molecule has 1 aliphatic rings. The molecule has 1 rings (SSSR count). The van der Waals surface area contributed by atoms with Gasteiger partial charge in [0, 0.05) is 13.1 Å². The summed E-state index contributed by atoms with van der Waals surface area (Å²) in [6, 6.07) is 0. The molecule has 0 unspecified atom stereocenters. The fraction of sp³-hybridized carbons (Fsp3) is 1.00. The highest BCUT2D eigenvalue weighted by molar-refractivity contribution is 4.58. The molecule has 1 aliphatic heterocycles. The number of hydrazine groups is 2. The zero-order valence-corrected chi connectivity index (χ0v) is 5.98. The van der Waals surface area contributed by atoms with Crippen molar-refractivity contribution in [1.82, 2.24) is 16.0 Å². The van der Waals surface area contributed by atoms with Gasteiger partial charge in [-0.15, -0.1) is 0 Å². The van der Waals surface area contributed by atoms with E-state index in [0.29, 0.717) is 0 Å². The predicted molar refractivity (Wildman–Crippen MR) is 37.6 cm³/mol. The third-order valence-electron chi connectivity index (χ3n) is 1.63. The molecule has 3 nitrogen and oxygen atoms in total. The van der Waals surface area contributed by atoms with Crippen LogP contribution in [0, 0.1) is 0 Å². The first-order valence-electron chi connectivity index (χ1n) is 3.61. The van der Waals surface area contributed by atoms with E-state index in [2.05, 4.69) is 16.0 Å². The third-order valence-corrected chi connectivity index (χ3v) is 1.63. The molecule has 1 fully saturated rings. The largest absolute Gasteiger partial charge is 0.247 e. The Kier molecular flexibility index (Phi) is 2.97. The highest BCUT2D eigenvalue weighted by Crippen LogP contribution is 2.04. The lowest BCUT2D eigenvalue weighted by molar-refractivity contribution is 0.131. The third kappa shape index (κ3) is 2.30. The highest BCUT2D eigenvalue weighted by atomic mass is 15.7. The number of rotatable bonds is 2. The topological polar surface area (TPSA) is 27.3 Å². The zero-order valence-electron chi connectivity index (χ0n) is 5.98. The normalized spacial score (nSPS) is 22.3. The molecule has 0 saturated carbocycles. The average Bonchev–Trinajstić information content (AvgIpc) is 1.91. The van der Waals surface area contributed by atoms with Gasteiger partial charge in [0.15, 0.2) is 0 Å². The Labute approximate surface area is 56.4 Å². The molecule has 0 aromatic heterocycles. The van der Waals surface area contributed by atoms with Crippen molar-refractivity contribution in [3.8, 4) is 0 Å². The van der Waals surface area contributed by atoms with Crippen LogP contribution in [0.5, 0.6) is 0 Å². The van der Waals surface area contributed by atoms with Crippen molar-refractivity contribution >= 4 is 0 Å². The van der Waals surface area contributed by atoms with Gasteiger partial charge in [-0.3, -0.25) is 0 Å². The van der Waals surface area contributed by atoms with Crippen LogP contribution in [-0.4, -0.2) is 25.1 Å². The van der Waals surface area contributed by atoms with Crippen molar-refractivity contribution in [2.45, 2.75) is 19.3 Å². The van der Waals surface area contributed by atoms with Crippen LogP contribution in [0.25, 0.3) is 0 Å². The van der Waals surface area contributed by atoms with Gasteiger partial charge in [0.05, 0.1) is 0 Å². The zero-order chi connectivity index (χ0) is 6.53. The lowest BCUT2D eigenvalue weighted by Gasteiger charge is -2.26. The molecule has 1 saturated heterocycles. The molecule has 0 radical (unpaired) electrons. The standard InChI is InChI=1S/C6H15N3/c1-7-8-9-5-3-2-4-6-9/h7-8H,2-6H2,1H3. The molecular formula is C6H15N3. The second kappa shape index (κ2) is 3.82. The second-order valence-electron chi connectivity index (χ2n) is 2.41. The molecule has 9 heavy (non-hydrogen) atoms. The Morgan fingerprint density at radius 2 is 1.78 bits per heavy atom. The number of piperidine rings is 1. The van der Waals surface area contributed by atoms with E-state index in [-0.39, 0.29) is 0 Å². The summed E-state index contributed by atoms with van der Waals surface area (Å²) in [7, 11) is 1.90. The SMILES string of the molecule is CNNN1CCCCC1. The summed E-state index contributed by atoms with van der Waals surface area (Å²) in [6.45, 7) is 2.36. The van der Waals surface area contributed by atoms with Gasteiger partial charge in [0.2, 0.25) is 0 Å². The molecule has 1 heterocycles. The van der Waals surface area contributed by atoms with Crippen LogP contribution < -0.4 is 11.0 Å². The van der Waals surface area contributed by atoms with Gasteiger partial charge in [0.25, 0.3) is 0 Å². The molecule has 3 heteroatoms. The fourth-order valence-electron chi connectivity index (χ4n) is 1.16. The van der Waals surface area contributed by atoms with Gasteiger partial charge in [-0.05, 0) is 19.9 Å². The van der Waals surface area contributed by atoms with Crippen LogP contribution in [0.4, 0.5) is 0 Å². The minimum absolute atomic E-state index is 1.18. The predicted octanol–water partition coefficient (Wildman–Crippen LogP) is 0.111. The molecule has 2 N–H and O–H groups in total. The van der Waals surface area contributed by atoms with E-state index in [4.69, 9.17) is 0 Å². The minimum Gasteiger partial charge on any atom is -0.247 e. The summed E-state index contributed by atoms with van der Waals surface area (Å²) < 4.78 is 0. The maximum absolute atomic E-state index is 3.07. The Morgan fingerprint density at radius 3 is 2.33 bits per heavy atom. The van der Waals surface area contributed by atoms with Crippen LogP contribution >= 0.6 is 0 Å². The van der Waals surface area contributed by atoms with Gasteiger partial charge in [-0.1, -0.05) is 6.42 Å². The molecule has 0 aromatic carbocycles. The Hall–Kier alpha value is -0.120. The van der Waals surface area contributed by atoms with Gasteiger partial charge in [0.1, 0.15) is 0 Å². The molecule has 0 atom stereocenters. The molecule has 0 spiro atoms. The monoisotopic (exact) mass is 129 g/mol. The van der Waals surface area contributed by atoms with Crippen molar-refractivity contribution < 1.29 is 0 Å². The molecule has 0 aliphatic carbocycles. The van der Waals surface area contributed by atoms with Crippen molar-refractivity contribution in [2.24, 2.45) is 0 Å². The van der Waals surface area contributed by atoms with Gasteiger partial charge >= 0.3 is 0 Å². The van der Waals surface area contributed by atoms with Crippen molar-refractivity contribution in [1.29, 1.82) is 0 Å². The van der Waals surface area contributed by atoms with E-state index in [1.165, 1.54) is 32.4 Å². The number of hydrogen-bond donors (Lipinski definition) is 2. The van der Waals surface area contributed by atoms with Gasteiger partial charge in [-0.2, -0.15) is 5.53 Å². The van der Waals surface area contributed by atoms with Crippen LogP contribution in [0.2, 0.25) is 0 Å². The first kappa shape index (κ1) is 6.99. The Bertz CT molecular complexity index is 65.9. The molecule has 0 amide bonds. The minimum atomic E-state index is 1.18. The van der Waals surface area contributed by atoms with Crippen molar-refractivity contribution in [2.75, 3.05) is 20.1 Å². The second-order valence-corrected chi connectivity index (χ2v) is 2.41. The Balaban J connectivity index is 2.08. The van der Waals surface area contributed by atoms with Crippen molar-refractivity contribution in [3.63, 3.8) is 0 Å². The number of nitrogens with one attached hydrogen (secondary N) is 2.